The lowest BCUT2D eigenvalue weighted by Crippen LogP contribution is -2.45. The predicted octanol–water partition coefficient (Wildman–Crippen LogP) is 3.45. The molecule has 0 aliphatic heterocycles. The van der Waals surface area contributed by atoms with Gasteiger partial charge in [-0.3, -0.25) is 9.59 Å². The molecular formula is C26H40N2O7. The maximum atomic E-state index is 13.4. The second kappa shape index (κ2) is 13.7. The molecule has 0 bridgehead atoms. The van der Waals surface area contributed by atoms with E-state index in [0.29, 0.717) is 13.0 Å². The highest BCUT2D eigenvalue weighted by atomic mass is 16.5. The molecule has 9 heteroatoms. The van der Waals surface area contributed by atoms with Crippen molar-refractivity contribution in [2.24, 2.45) is 11.8 Å². The van der Waals surface area contributed by atoms with E-state index in [0.717, 1.165) is 0 Å². The Morgan fingerprint density at radius 2 is 1.49 bits per heavy atom. The number of rotatable bonds is 12. The summed E-state index contributed by atoms with van der Waals surface area (Å²) < 4.78 is 15.5. The molecule has 0 aliphatic rings. The van der Waals surface area contributed by atoms with E-state index in [-0.39, 0.29) is 40.7 Å². The van der Waals surface area contributed by atoms with E-state index in [9.17, 15) is 19.2 Å². The Morgan fingerprint density at radius 1 is 0.886 bits per heavy atom. The molecule has 35 heavy (non-hydrogen) atoms. The van der Waals surface area contributed by atoms with Gasteiger partial charge in [0.15, 0.2) is 0 Å². The van der Waals surface area contributed by atoms with Crippen molar-refractivity contribution >= 4 is 23.8 Å². The number of nitrogens with one attached hydrogen (secondary N) is 1. The van der Waals surface area contributed by atoms with Crippen LogP contribution in [-0.4, -0.2) is 67.6 Å². The Morgan fingerprint density at radius 3 is 1.97 bits per heavy atom. The first-order valence-electron chi connectivity index (χ1n) is 11.9. The molecule has 0 radical (unpaired) electrons. The molecule has 0 aromatic heterocycles. The zero-order chi connectivity index (χ0) is 26.9. The molecule has 1 rings (SSSR count). The van der Waals surface area contributed by atoms with Gasteiger partial charge in [0.25, 0.3) is 11.8 Å². The molecule has 1 N–H and O–H groups in total. The van der Waals surface area contributed by atoms with Gasteiger partial charge in [0.1, 0.15) is 17.8 Å². The van der Waals surface area contributed by atoms with Crippen LogP contribution in [0.4, 0.5) is 0 Å². The Bertz CT molecular complexity index is 896. The zero-order valence-electron chi connectivity index (χ0n) is 22.3. The molecule has 0 saturated carbocycles. The topological polar surface area (TPSA) is 111 Å². The highest BCUT2D eigenvalue weighted by Gasteiger charge is 2.30. The van der Waals surface area contributed by atoms with E-state index in [1.165, 1.54) is 37.3 Å². The Hall–Kier alpha value is -3.10. The molecule has 0 fully saturated rings. The van der Waals surface area contributed by atoms with Crippen LogP contribution in [0.25, 0.3) is 0 Å². The fourth-order valence-corrected chi connectivity index (χ4v) is 3.53. The molecule has 2 amide bonds. The summed E-state index contributed by atoms with van der Waals surface area (Å²) in [6, 6.07) is 2.88. The number of hydrogen-bond acceptors (Lipinski definition) is 7. The molecule has 2 atom stereocenters. The SMILES string of the molecule is COC(=O)C(CC(C)C)NC(=O)c1ccc(C(=O)N(CC(C)C)[C@@H](C)C(=O)OC)cc1OC(C)C. The van der Waals surface area contributed by atoms with Crippen LogP contribution in [0.1, 0.15) is 75.6 Å². The van der Waals surface area contributed by atoms with Crippen molar-refractivity contribution in [3.63, 3.8) is 0 Å². The lowest BCUT2D eigenvalue weighted by molar-refractivity contribution is -0.145. The molecule has 0 saturated heterocycles. The van der Waals surface area contributed by atoms with Crippen LogP contribution in [-0.2, 0) is 19.1 Å². The van der Waals surface area contributed by atoms with Crippen LogP contribution in [0.5, 0.6) is 5.75 Å². The third-order valence-electron chi connectivity index (χ3n) is 5.17. The third-order valence-corrected chi connectivity index (χ3v) is 5.17. The lowest BCUT2D eigenvalue weighted by atomic mass is 10.0. The van der Waals surface area contributed by atoms with Crippen molar-refractivity contribution in [1.29, 1.82) is 0 Å². The first-order valence-corrected chi connectivity index (χ1v) is 11.9. The van der Waals surface area contributed by atoms with E-state index in [2.05, 4.69) is 5.32 Å². The van der Waals surface area contributed by atoms with Gasteiger partial charge in [-0.05, 0) is 57.2 Å². The number of hydrogen-bond donors (Lipinski definition) is 1. The summed E-state index contributed by atoms with van der Waals surface area (Å²) in [5, 5.41) is 2.72. The van der Waals surface area contributed by atoms with Gasteiger partial charge in [0.05, 0.1) is 25.9 Å². The predicted molar refractivity (Wildman–Crippen MR) is 132 cm³/mol. The molecule has 1 unspecified atom stereocenters. The Balaban J connectivity index is 3.38. The number of carbonyl (C=O) groups is 4. The van der Waals surface area contributed by atoms with Crippen LogP contribution >= 0.6 is 0 Å². The van der Waals surface area contributed by atoms with E-state index < -0.39 is 29.9 Å². The number of methoxy groups -OCH3 is 2. The largest absolute Gasteiger partial charge is 0.490 e. The average Bonchev–Trinajstić information content (AvgIpc) is 2.79. The third kappa shape index (κ3) is 8.88. The molecule has 9 nitrogen and oxygen atoms in total. The first-order chi connectivity index (χ1) is 16.3. The molecule has 0 spiro atoms. The number of nitrogens with zero attached hydrogens (tertiary/aromatic N) is 1. The maximum absolute atomic E-state index is 13.4. The number of benzene rings is 1. The van der Waals surface area contributed by atoms with Crippen molar-refractivity contribution in [2.75, 3.05) is 20.8 Å². The van der Waals surface area contributed by atoms with Crippen LogP contribution in [0.15, 0.2) is 18.2 Å². The zero-order valence-corrected chi connectivity index (χ0v) is 22.3. The molecule has 1 aromatic rings. The van der Waals surface area contributed by atoms with Gasteiger partial charge in [-0.25, -0.2) is 9.59 Å². The summed E-state index contributed by atoms with van der Waals surface area (Å²) in [6.45, 7) is 13.3. The normalized spacial score (nSPS) is 12.8. The smallest absolute Gasteiger partial charge is 0.328 e. The fraction of sp³-hybridized carbons (Fsp3) is 0.615. The van der Waals surface area contributed by atoms with E-state index in [1.54, 1.807) is 20.8 Å². The monoisotopic (exact) mass is 492 g/mol. The summed E-state index contributed by atoms with van der Waals surface area (Å²) in [7, 11) is 2.55. The lowest BCUT2D eigenvalue weighted by Gasteiger charge is -2.29. The highest BCUT2D eigenvalue weighted by molar-refractivity contribution is 6.02. The Kier molecular flexibility index (Phi) is 11.7. The summed E-state index contributed by atoms with van der Waals surface area (Å²) in [5.74, 6) is -1.50. The summed E-state index contributed by atoms with van der Waals surface area (Å²) in [4.78, 5) is 52.3. The second-order valence-electron chi connectivity index (χ2n) is 9.61. The molecular weight excluding hydrogens is 452 g/mol. The van der Waals surface area contributed by atoms with Gasteiger partial charge in [0.2, 0.25) is 0 Å². The van der Waals surface area contributed by atoms with Crippen LogP contribution in [0.3, 0.4) is 0 Å². The number of carbonyl (C=O) groups excluding carboxylic acids is 4. The van der Waals surface area contributed by atoms with Gasteiger partial charge in [-0.2, -0.15) is 0 Å². The quantitative estimate of drug-likeness (QED) is 0.445. The minimum Gasteiger partial charge on any atom is -0.490 e. The van der Waals surface area contributed by atoms with Gasteiger partial charge in [-0.15, -0.1) is 0 Å². The second-order valence-corrected chi connectivity index (χ2v) is 9.61. The van der Waals surface area contributed by atoms with E-state index in [1.807, 2.05) is 27.7 Å². The minimum atomic E-state index is -0.817. The Labute approximate surface area is 208 Å². The number of esters is 2. The fourth-order valence-electron chi connectivity index (χ4n) is 3.53. The van der Waals surface area contributed by atoms with E-state index >= 15 is 0 Å². The molecule has 0 aliphatic carbocycles. The summed E-state index contributed by atoms with van der Waals surface area (Å²) >= 11 is 0. The van der Waals surface area contributed by atoms with Crippen LogP contribution in [0.2, 0.25) is 0 Å². The van der Waals surface area contributed by atoms with E-state index in [4.69, 9.17) is 14.2 Å². The van der Waals surface area contributed by atoms with Crippen molar-refractivity contribution in [2.45, 2.75) is 73.1 Å². The average molecular weight is 493 g/mol. The van der Waals surface area contributed by atoms with Crippen molar-refractivity contribution in [3.05, 3.63) is 29.3 Å². The molecule has 1 aromatic carbocycles. The van der Waals surface area contributed by atoms with Gasteiger partial charge >= 0.3 is 11.9 Å². The van der Waals surface area contributed by atoms with Gasteiger partial charge < -0.3 is 24.4 Å². The number of ether oxygens (including phenoxy) is 3. The number of amides is 2. The van der Waals surface area contributed by atoms with Crippen molar-refractivity contribution in [1.82, 2.24) is 10.2 Å². The highest BCUT2D eigenvalue weighted by Crippen LogP contribution is 2.24. The minimum absolute atomic E-state index is 0.110. The molecule has 196 valence electrons. The summed E-state index contributed by atoms with van der Waals surface area (Å²) in [5.41, 5.74) is 0.449. The molecule has 0 heterocycles. The maximum Gasteiger partial charge on any atom is 0.328 e. The summed E-state index contributed by atoms with van der Waals surface area (Å²) in [6.07, 6.45) is 0.130. The van der Waals surface area contributed by atoms with Crippen LogP contribution < -0.4 is 10.1 Å². The first kappa shape index (κ1) is 29.9. The van der Waals surface area contributed by atoms with Crippen molar-refractivity contribution < 1.29 is 33.4 Å². The van der Waals surface area contributed by atoms with Gasteiger partial charge in [0, 0.05) is 12.1 Å². The van der Waals surface area contributed by atoms with Crippen molar-refractivity contribution in [3.8, 4) is 5.75 Å². The standard InChI is InChI=1S/C26H40N2O7/c1-15(2)12-21(26(32)34-9)27-23(29)20-11-10-19(13-22(20)35-17(5)6)24(30)28(14-16(3)4)18(7)25(31)33-8/h10-11,13,15-18,21H,12,14H2,1-9H3,(H,27,29)/t18-,21?/m0/s1. The van der Waals surface area contributed by atoms with Gasteiger partial charge in [-0.1, -0.05) is 27.7 Å². The van der Waals surface area contributed by atoms with Crippen LogP contribution in [0, 0.1) is 11.8 Å².